The van der Waals surface area contributed by atoms with Gasteiger partial charge in [-0.1, -0.05) is 6.92 Å². The fourth-order valence-electron chi connectivity index (χ4n) is 0.961. The number of carbonyl (C=O) groups excluding carboxylic acids is 1. The predicted octanol–water partition coefficient (Wildman–Crippen LogP) is 0.519. The quantitative estimate of drug-likeness (QED) is 0.673. The number of hydrogen-bond acceptors (Lipinski definition) is 4. The van der Waals surface area contributed by atoms with Crippen molar-refractivity contribution in [2.75, 3.05) is 0 Å². The van der Waals surface area contributed by atoms with Crippen molar-refractivity contribution >= 4 is 5.78 Å². The molecule has 5 nitrogen and oxygen atoms in total. The Balaban J connectivity index is 2.55. The summed E-state index contributed by atoms with van der Waals surface area (Å²) in [5, 5.41) is 12.2. The van der Waals surface area contributed by atoms with Crippen molar-refractivity contribution in [1.29, 1.82) is 5.26 Å². The van der Waals surface area contributed by atoms with Gasteiger partial charge in [-0.25, -0.2) is 9.67 Å². The fraction of sp³-hybridized carbons (Fsp3) is 0.500. The van der Waals surface area contributed by atoms with Gasteiger partial charge in [-0.3, -0.25) is 4.79 Å². The summed E-state index contributed by atoms with van der Waals surface area (Å²) in [7, 11) is 0. The van der Waals surface area contributed by atoms with Crippen molar-refractivity contribution < 1.29 is 4.79 Å². The van der Waals surface area contributed by atoms with E-state index in [0.29, 0.717) is 6.42 Å². The highest BCUT2D eigenvalue weighted by molar-refractivity contribution is 5.77. The third-order valence-corrected chi connectivity index (χ3v) is 1.50. The van der Waals surface area contributed by atoms with Gasteiger partial charge in [-0.15, -0.1) is 5.10 Å². The van der Waals surface area contributed by atoms with Crippen LogP contribution in [0, 0.1) is 11.3 Å². The predicted molar refractivity (Wildman–Crippen MR) is 44.7 cm³/mol. The smallest absolute Gasteiger partial charge is 0.252 e. The van der Waals surface area contributed by atoms with Crippen LogP contribution < -0.4 is 0 Å². The van der Waals surface area contributed by atoms with Crippen molar-refractivity contribution in [3.63, 3.8) is 0 Å². The van der Waals surface area contributed by atoms with Gasteiger partial charge in [-0.05, 0) is 6.42 Å². The van der Waals surface area contributed by atoms with Crippen LogP contribution in [0.25, 0.3) is 0 Å². The van der Waals surface area contributed by atoms with Crippen molar-refractivity contribution in [2.24, 2.45) is 0 Å². The number of Topliss-reactive ketones (excluding diaryl/α,β-unsaturated/α-hetero) is 1. The molecule has 0 bridgehead atoms. The summed E-state index contributed by atoms with van der Waals surface area (Å²) >= 11 is 0. The molecule has 1 aromatic rings. The molecule has 0 N–H and O–H groups in total. The van der Waals surface area contributed by atoms with Crippen LogP contribution in [0.5, 0.6) is 0 Å². The summed E-state index contributed by atoms with van der Waals surface area (Å²) in [6.45, 7) is 2.16. The van der Waals surface area contributed by atoms with Gasteiger partial charge < -0.3 is 0 Å². The first-order valence-corrected chi connectivity index (χ1v) is 4.07. The van der Waals surface area contributed by atoms with E-state index >= 15 is 0 Å². The fourth-order valence-corrected chi connectivity index (χ4v) is 0.961. The molecule has 68 valence electrons. The average molecular weight is 178 g/mol. The highest BCUT2D eigenvalue weighted by Crippen LogP contribution is 1.93. The van der Waals surface area contributed by atoms with E-state index in [1.165, 1.54) is 11.0 Å². The monoisotopic (exact) mass is 178 g/mol. The van der Waals surface area contributed by atoms with Gasteiger partial charge in [0.2, 0.25) is 0 Å². The van der Waals surface area contributed by atoms with Crippen molar-refractivity contribution in [3.8, 4) is 6.07 Å². The third kappa shape index (κ3) is 2.67. The maximum Gasteiger partial charge on any atom is 0.252 e. The zero-order valence-electron chi connectivity index (χ0n) is 7.40. The van der Waals surface area contributed by atoms with Crippen LogP contribution in [0.2, 0.25) is 0 Å². The molecular weight excluding hydrogens is 168 g/mol. The number of carbonyl (C=O) groups is 1. The maximum atomic E-state index is 11.1. The molecule has 0 aromatic carbocycles. The maximum absolute atomic E-state index is 11.1. The van der Waals surface area contributed by atoms with Gasteiger partial charge in [0, 0.05) is 6.42 Å². The SMILES string of the molecule is CCCC(=O)Cn1cnc(C#N)n1. The molecule has 1 aromatic heterocycles. The van der Waals surface area contributed by atoms with E-state index in [1.807, 2.05) is 6.92 Å². The Labute approximate surface area is 76.0 Å². The number of nitriles is 1. The topological polar surface area (TPSA) is 71.6 Å². The summed E-state index contributed by atoms with van der Waals surface area (Å²) in [4.78, 5) is 14.8. The highest BCUT2D eigenvalue weighted by atomic mass is 16.1. The van der Waals surface area contributed by atoms with Crippen LogP contribution in [0.3, 0.4) is 0 Å². The minimum absolute atomic E-state index is 0.101. The normalized spacial score (nSPS) is 9.54. The molecule has 1 rings (SSSR count). The van der Waals surface area contributed by atoms with E-state index in [1.54, 1.807) is 6.07 Å². The Morgan fingerprint density at radius 3 is 3.08 bits per heavy atom. The first-order chi connectivity index (χ1) is 6.26. The van der Waals surface area contributed by atoms with Crippen molar-refractivity contribution in [3.05, 3.63) is 12.2 Å². The molecule has 13 heavy (non-hydrogen) atoms. The van der Waals surface area contributed by atoms with Gasteiger partial charge in [0.25, 0.3) is 5.82 Å². The molecule has 0 radical (unpaired) electrons. The highest BCUT2D eigenvalue weighted by Gasteiger charge is 2.03. The number of rotatable bonds is 4. The number of nitrogens with zero attached hydrogens (tertiary/aromatic N) is 4. The zero-order valence-corrected chi connectivity index (χ0v) is 7.40. The van der Waals surface area contributed by atoms with E-state index in [0.717, 1.165) is 6.42 Å². The zero-order chi connectivity index (χ0) is 9.68. The lowest BCUT2D eigenvalue weighted by atomic mass is 10.2. The first-order valence-electron chi connectivity index (χ1n) is 4.07. The van der Waals surface area contributed by atoms with Crippen molar-refractivity contribution in [2.45, 2.75) is 26.3 Å². The summed E-state index contributed by atoms with van der Waals surface area (Å²) < 4.78 is 1.39. The van der Waals surface area contributed by atoms with E-state index < -0.39 is 0 Å². The Kier molecular flexibility index (Phi) is 3.15. The summed E-state index contributed by atoms with van der Waals surface area (Å²) in [6, 6.07) is 1.80. The molecule has 0 aliphatic carbocycles. The largest absolute Gasteiger partial charge is 0.298 e. The molecule has 0 saturated heterocycles. The van der Waals surface area contributed by atoms with Crippen molar-refractivity contribution in [1.82, 2.24) is 14.8 Å². The Morgan fingerprint density at radius 1 is 1.77 bits per heavy atom. The molecule has 1 heterocycles. The standard InChI is InChI=1S/C8H10N4O/c1-2-3-7(13)5-12-6-10-8(4-9)11-12/h6H,2-3,5H2,1H3. The molecule has 0 aliphatic rings. The number of hydrogen-bond donors (Lipinski definition) is 0. The Hall–Kier alpha value is -1.70. The molecule has 0 spiro atoms. The second-order valence-electron chi connectivity index (χ2n) is 2.67. The Bertz CT molecular complexity index is 336. The van der Waals surface area contributed by atoms with Crippen LogP contribution in [0.4, 0.5) is 0 Å². The van der Waals surface area contributed by atoms with Gasteiger partial charge in [0.1, 0.15) is 18.9 Å². The van der Waals surface area contributed by atoms with E-state index in [4.69, 9.17) is 5.26 Å². The first kappa shape index (κ1) is 9.39. The summed E-state index contributed by atoms with van der Waals surface area (Å²) in [5.74, 6) is 0.209. The Morgan fingerprint density at radius 2 is 2.54 bits per heavy atom. The summed E-state index contributed by atoms with van der Waals surface area (Å²) in [5.41, 5.74) is 0. The molecular formula is C8H10N4O. The van der Waals surface area contributed by atoms with Crippen LogP contribution in [0.1, 0.15) is 25.6 Å². The minimum Gasteiger partial charge on any atom is -0.298 e. The molecule has 0 saturated carbocycles. The average Bonchev–Trinajstić information content (AvgIpc) is 2.52. The van der Waals surface area contributed by atoms with Gasteiger partial charge >= 0.3 is 0 Å². The second-order valence-corrected chi connectivity index (χ2v) is 2.67. The van der Waals surface area contributed by atoms with Gasteiger partial charge in [-0.2, -0.15) is 5.26 Å². The van der Waals surface area contributed by atoms with Crippen LogP contribution >= 0.6 is 0 Å². The molecule has 0 aliphatic heterocycles. The molecule has 0 fully saturated rings. The second kappa shape index (κ2) is 4.36. The van der Waals surface area contributed by atoms with E-state index in [-0.39, 0.29) is 18.2 Å². The molecule has 0 atom stereocenters. The third-order valence-electron chi connectivity index (χ3n) is 1.50. The van der Waals surface area contributed by atoms with Crippen LogP contribution in [0.15, 0.2) is 6.33 Å². The molecule has 5 heteroatoms. The lowest BCUT2D eigenvalue weighted by Gasteiger charge is -1.96. The van der Waals surface area contributed by atoms with E-state index in [2.05, 4.69) is 10.1 Å². The van der Waals surface area contributed by atoms with Crippen LogP contribution in [-0.4, -0.2) is 20.5 Å². The lowest BCUT2D eigenvalue weighted by molar-refractivity contribution is -0.119. The minimum atomic E-state index is 0.101. The number of ketones is 1. The molecule has 0 unspecified atom stereocenters. The van der Waals surface area contributed by atoms with Gasteiger partial charge in [0.15, 0.2) is 5.78 Å². The van der Waals surface area contributed by atoms with E-state index in [9.17, 15) is 4.79 Å². The molecule has 0 amide bonds. The lowest BCUT2D eigenvalue weighted by Crippen LogP contribution is -2.10. The van der Waals surface area contributed by atoms with Gasteiger partial charge in [0.05, 0.1) is 0 Å². The summed E-state index contributed by atoms with van der Waals surface area (Å²) in [6.07, 6.45) is 2.77. The van der Waals surface area contributed by atoms with Crippen LogP contribution in [-0.2, 0) is 11.3 Å². The number of aromatic nitrogens is 3.